The SMILES string of the molecule is CCCCC(Oc1c(CNc2ccc(Cl)cc2C(=O)Nc2ccc(C(=N)N)cc2)cccc1OCC)C(=O)O. The van der Waals surface area contributed by atoms with E-state index in [9.17, 15) is 14.7 Å². The number of nitrogens with one attached hydrogen (secondary N) is 3. The maximum Gasteiger partial charge on any atom is 0.344 e. The summed E-state index contributed by atoms with van der Waals surface area (Å²) in [7, 11) is 0. The van der Waals surface area contributed by atoms with E-state index < -0.39 is 12.1 Å². The molecule has 0 aliphatic rings. The number of hydrogen-bond donors (Lipinski definition) is 5. The van der Waals surface area contributed by atoms with E-state index in [0.717, 1.165) is 6.42 Å². The smallest absolute Gasteiger partial charge is 0.344 e. The zero-order valence-electron chi connectivity index (χ0n) is 21.9. The van der Waals surface area contributed by atoms with Crippen LogP contribution in [0, 0.1) is 5.41 Å². The summed E-state index contributed by atoms with van der Waals surface area (Å²) < 4.78 is 11.7. The molecule has 6 N–H and O–H groups in total. The summed E-state index contributed by atoms with van der Waals surface area (Å²) in [4.78, 5) is 25.0. The van der Waals surface area contributed by atoms with Crippen LogP contribution < -0.4 is 25.8 Å². The molecule has 9 nitrogen and oxygen atoms in total. The monoisotopic (exact) mass is 552 g/mol. The molecule has 3 rings (SSSR count). The number of amidine groups is 1. The highest BCUT2D eigenvalue weighted by Crippen LogP contribution is 2.34. The number of rotatable bonds is 14. The topological polar surface area (TPSA) is 147 Å². The third kappa shape index (κ3) is 8.12. The zero-order valence-corrected chi connectivity index (χ0v) is 22.7. The van der Waals surface area contributed by atoms with Crippen molar-refractivity contribution in [1.29, 1.82) is 5.41 Å². The van der Waals surface area contributed by atoms with E-state index in [2.05, 4.69) is 10.6 Å². The van der Waals surface area contributed by atoms with Gasteiger partial charge in [0.25, 0.3) is 5.91 Å². The first-order chi connectivity index (χ1) is 18.7. The Balaban J connectivity index is 1.85. The number of aliphatic carboxylic acids is 1. The molecule has 0 aromatic heterocycles. The minimum atomic E-state index is -1.04. The molecule has 39 heavy (non-hydrogen) atoms. The highest BCUT2D eigenvalue weighted by atomic mass is 35.5. The quantitative estimate of drug-likeness (QED) is 0.123. The number of carbonyl (C=O) groups excluding carboxylic acids is 1. The number of ether oxygens (including phenoxy) is 2. The van der Waals surface area contributed by atoms with Gasteiger partial charge < -0.3 is 30.9 Å². The molecular weight excluding hydrogens is 520 g/mol. The summed E-state index contributed by atoms with van der Waals surface area (Å²) in [5.41, 5.74) is 8.08. The molecule has 1 amide bonds. The number of halogens is 1. The molecule has 0 fully saturated rings. The van der Waals surface area contributed by atoms with Crippen LogP contribution in [0.25, 0.3) is 0 Å². The molecule has 0 radical (unpaired) electrons. The van der Waals surface area contributed by atoms with Crippen LogP contribution in [-0.4, -0.2) is 35.5 Å². The van der Waals surface area contributed by atoms with Crippen molar-refractivity contribution in [2.45, 2.75) is 45.8 Å². The fourth-order valence-corrected chi connectivity index (χ4v) is 4.02. The molecular formula is C29H33ClN4O5. The van der Waals surface area contributed by atoms with Crippen molar-refractivity contribution in [1.82, 2.24) is 0 Å². The van der Waals surface area contributed by atoms with Crippen LogP contribution in [-0.2, 0) is 11.3 Å². The summed E-state index contributed by atoms with van der Waals surface area (Å²) in [5.74, 6) is -0.697. The van der Waals surface area contributed by atoms with Gasteiger partial charge in [0.15, 0.2) is 17.6 Å². The van der Waals surface area contributed by atoms with Gasteiger partial charge in [-0.1, -0.05) is 37.1 Å². The number of carboxylic acid groups (broad SMARTS) is 1. The van der Waals surface area contributed by atoms with E-state index in [-0.39, 0.29) is 18.3 Å². The predicted molar refractivity (Wildman–Crippen MR) is 153 cm³/mol. The Morgan fingerprint density at radius 2 is 1.85 bits per heavy atom. The third-order valence-electron chi connectivity index (χ3n) is 5.87. The second kappa shape index (κ2) is 14.1. The van der Waals surface area contributed by atoms with Crippen LogP contribution in [0.1, 0.15) is 54.6 Å². The normalized spacial score (nSPS) is 11.4. The molecule has 1 unspecified atom stereocenters. The van der Waals surface area contributed by atoms with Gasteiger partial charge in [-0.15, -0.1) is 0 Å². The second-order valence-electron chi connectivity index (χ2n) is 8.75. The number of nitrogens with two attached hydrogens (primary N) is 1. The number of hydrogen-bond acceptors (Lipinski definition) is 6. The molecule has 0 spiro atoms. The molecule has 0 saturated carbocycles. The number of anilines is 2. The summed E-state index contributed by atoms with van der Waals surface area (Å²) in [5, 5.41) is 23.7. The van der Waals surface area contributed by atoms with E-state index in [0.29, 0.717) is 64.0 Å². The van der Waals surface area contributed by atoms with Crippen molar-refractivity contribution in [3.63, 3.8) is 0 Å². The largest absolute Gasteiger partial charge is 0.490 e. The number of amides is 1. The van der Waals surface area contributed by atoms with Gasteiger partial charge >= 0.3 is 5.97 Å². The van der Waals surface area contributed by atoms with E-state index in [4.69, 9.17) is 32.2 Å². The summed E-state index contributed by atoms with van der Waals surface area (Å²) in [6, 6.07) is 16.9. The lowest BCUT2D eigenvalue weighted by molar-refractivity contribution is -0.145. The van der Waals surface area contributed by atoms with Crippen LogP contribution in [0.5, 0.6) is 11.5 Å². The van der Waals surface area contributed by atoms with Gasteiger partial charge in [-0.2, -0.15) is 0 Å². The van der Waals surface area contributed by atoms with Crippen molar-refractivity contribution in [3.05, 3.63) is 82.4 Å². The molecule has 0 aliphatic heterocycles. The van der Waals surface area contributed by atoms with E-state index in [1.807, 2.05) is 19.9 Å². The van der Waals surface area contributed by atoms with Crippen LogP contribution in [0.3, 0.4) is 0 Å². The van der Waals surface area contributed by atoms with Crippen molar-refractivity contribution in [2.75, 3.05) is 17.2 Å². The summed E-state index contributed by atoms with van der Waals surface area (Å²) in [6.45, 7) is 4.44. The first-order valence-corrected chi connectivity index (χ1v) is 13.0. The minimum absolute atomic E-state index is 0.0639. The molecule has 0 saturated heterocycles. The summed E-state index contributed by atoms with van der Waals surface area (Å²) in [6.07, 6.45) is 0.907. The standard InChI is InChI=1S/C29H33ClN4O5/c1-3-5-8-25(29(36)37)39-26-19(7-6-9-24(26)38-4-2)17-33-23-15-12-20(30)16-22(23)28(35)34-21-13-10-18(11-14-21)27(31)32/h6-7,9-16,25,33H,3-5,8,17H2,1-2H3,(H3,31,32)(H,34,35)(H,36,37). The van der Waals surface area contributed by atoms with Gasteiger partial charge in [0, 0.05) is 34.1 Å². The fraction of sp³-hybridized carbons (Fsp3) is 0.276. The number of para-hydroxylation sites is 1. The molecule has 206 valence electrons. The molecule has 3 aromatic rings. The number of unbranched alkanes of at least 4 members (excludes halogenated alkanes) is 1. The minimum Gasteiger partial charge on any atom is -0.490 e. The molecule has 3 aromatic carbocycles. The maximum atomic E-state index is 13.2. The van der Waals surface area contributed by atoms with Crippen LogP contribution in [0.2, 0.25) is 5.02 Å². The molecule has 10 heteroatoms. The highest BCUT2D eigenvalue weighted by Gasteiger charge is 2.23. The van der Waals surface area contributed by atoms with E-state index in [1.165, 1.54) is 0 Å². The van der Waals surface area contributed by atoms with Crippen molar-refractivity contribution < 1.29 is 24.2 Å². The van der Waals surface area contributed by atoms with Crippen molar-refractivity contribution in [2.24, 2.45) is 5.73 Å². The van der Waals surface area contributed by atoms with Gasteiger partial charge in [-0.3, -0.25) is 10.2 Å². The van der Waals surface area contributed by atoms with Gasteiger partial charge in [-0.05, 0) is 68.3 Å². The number of benzene rings is 3. The third-order valence-corrected chi connectivity index (χ3v) is 6.10. The fourth-order valence-electron chi connectivity index (χ4n) is 3.85. The van der Waals surface area contributed by atoms with Gasteiger partial charge in [-0.25, -0.2) is 4.79 Å². The average molecular weight is 553 g/mol. The number of carboxylic acids is 1. The van der Waals surface area contributed by atoms with Crippen LogP contribution in [0.15, 0.2) is 60.7 Å². The maximum absolute atomic E-state index is 13.2. The van der Waals surface area contributed by atoms with E-state index >= 15 is 0 Å². The Labute approximate surface area is 232 Å². The molecule has 0 heterocycles. The van der Waals surface area contributed by atoms with Gasteiger partial charge in [0.2, 0.25) is 0 Å². The summed E-state index contributed by atoms with van der Waals surface area (Å²) >= 11 is 6.21. The second-order valence-corrected chi connectivity index (χ2v) is 9.19. The van der Waals surface area contributed by atoms with Crippen molar-refractivity contribution in [3.8, 4) is 11.5 Å². The molecule has 1 atom stereocenters. The lowest BCUT2D eigenvalue weighted by Gasteiger charge is -2.21. The lowest BCUT2D eigenvalue weighted by atomic mass is 10.1. The molecule has 0 bridgehead atoms. The predicted octanol–water partition coefficient (Wildman–Crippen LogP) is 5.91. The van der Waals surface area contributed by atoms with Gasteiger partial charge in [0.1, 0.15) is 5.84 Å². The van der Waals surface area contributed by atoms with Crippen LogP contribution in [0.4, 0.5) is 11.4 Å². The Hall–Kier alpha value is -4.24. The Bertz CT molecular complexity index is 1310. The zero-order chi connectivity index (χ0) is 28.4. The Morgan fingerprint density at radius 1 is 1.10 bits per heavy atom. The lowest BCUT2D eigenvalue weighted by Crippen LogP contribution is -2.27. The average Bonchev–Trinajstić information content (AvgIpc) is 2.91. The highest BCUT2D eigenvalue weighted by molar-refractivity contribution is 6.31. The first-order valence-electron chi connectivity index (χ1n) is 12.7. The van der Waals surface area contributed by atoms with Crippen molar-refractivity contribution >= 4 is 40.7 Å². The van der Waals surface area contributed by atoms with E-state index in [1.54, 1.807) is 54.6 Å². The van der Waals surface area contributed by atoms with Gasteiger partial charge in [0.05, 0.1) is 12.2 Å². The number of carbonyl (C=O) groups is 2. The molecule has 0 aliphatic carbocycles. The Kier molecular flexibility index (Phi) is 10.6. The van der Waals surface area contributed by atoms with Crippen LogP contribution >= 0.6 is 11.6 Å². The Morgan fingerprint density at radius 3 is 2.49 bits per heavy atom. The first kappa shape index (κ1) is 29.3. The number of nitrogen functional groups attached to an aromatic ring is 1.